The first-order valence-corrected chi connectivity index (χ1v) is 7.40. The van der Waals surface area contributed by atoms with Gasteiger partial charge < -0.3 is 5.32 Å². The maximum absolute atomic E-state index is 12.0. The van der Waals surface area contributed by atoms with Gasteiger partial charge in [0.15, 0.2) is 0 Å². The Kier molecular flexibility index (Phi) is 5.53. The lowest BCUT2D eigenvalue weighted by Gasteiger charge is -2.05. The van der Waals surface area contributed by atoms with Gasteiger partial charge in [-0.05, 0) is 24.6 Å². The zero-order chi connectivity index (χ0) is 14.2. The molecule has 0 aliphatic rings. The van der Waals surface area contributed by atoms with Crippen molar-refractivity contribution in [1.29, 1.82) is 0 Å². The van der Waals surface area contributed by atoms with E-state index < -0.39 is 0 Å². The molecular formula is C15H22N4O. The molecule has 2 N–H and O–H groups in total. The van der Waals surface area contributed by atoms with E-state index >= 15 is 0 Å². The van der Waals surface area contributed by atoms with Crippen molar-refractivity contribution in [3.63, 3.8) is 0 Å². The number of carbonyl (C=O) groups is 1. The molecule has 0 spiro atoms. The average Bonchev–Trinajstić information content (AvgIpc) is 2.93. The molecule has 5 nitrogen and oxygen atoms in total. The molecule has 0 saturated heterocycles. The Morgan fingerprint density at radius 3 is 2.70 bits per heavy atom. The minimum Gasteiger partial charge on any atom is -0.352 e. The predicted octanol–water partition coefficient (Wildman–Crippen LogP) is 3.05. The quantitative estimate of drug-likeness (QED) is 0.727. The highest BCUT2D eigenvalue weighted by molar-refractivity contribution is 5.97. The van der Waals surface area contributed by atoms with Crippen LogP contribution in [0.1, 0.15) is 55.8 Å². The number of unbranched alkanes of at least 4 members (excludes halogenated alkanes) is 5. The molecule has 0 aliphatic carbocycles. The second-order valence-corrected chi connectivity index (χ2v) is 5.05. The first kappa shape index (κ1) is 14.5. The van der Waals surface area contributed by atoms with Gasteiger partial charge in [-0.15, -0.1) is 0 Å². The van der Waals surface area contributed by atoms with Crippen LogP contribution in [0.2, 0.25) is 0 Å². The molecule has 0 saturated carbocycles. The second-order valence-electron chi connectivity index (χ2n) is 5.05. The van der Waals surface area contributed by atoms with Crippen molar-refractivity contribution in [2.24, 2.45) is 0 Å². The van der Waals surface area contributed by atoms with Gasteiger partial charge >= 0.3 is 0 Å². The van der Waals surface area contributed by atoms with Gasteiger partial charge in [-0.2, -0.15) is 15.4 Å². The fraction of sp³-hybridized carbons (Fsp3) is 0.533. The lowest BCUT2D eigenvalue weighted by molar-refractivity contribution is 0.0953. The summed E-state index contributed by atoms with van der Waals surface area (Å²) >= 11 is 0. The van der Waals surface area contributed by atoms with Crippen LogP contribution in [0.3, 0.4) is 0 Å². The van der Waals surface area contributed by atoms with Gasteiger partial charge in [0.2, 0.25) is 0 Å². The van der Waals surface area contributed by atoms with Crippen LogP contribution in [0.5, 0.6) is 0 Å². The lowest BCUT2D eigenvalue weighted by atomic mass is 10.1. The van der Waals surface area contributed by atoms with Crippen molar-refractivity contribution in [3.05, 3.63) is 23.8 Å². The molecule has 0 aliphatic heterocycles. The van der Waals surface area contributed by atoms with Gasteiger partial charge in [-0.25, -0.2) is 0 Å². The van der Waals surface area contributed by atoms with Crippen molar-refractivity contribution in [3.8, 4) is 0 Å². The number of fused-ring (bicyclic) bond motifs is 1. The number of hydrogen-bond acceptors (Lipinski definition) is 3. The minimum absolute atomic E-state index is 0.0385. The molecule has 0 radical (unpaired) electrons. The molecule has 0 unspecified atom stereocenters. The number of rotatable bonds is 8. The molecule has 20 heavy (non-hydrogen) atoms. The SMILES string of the molecule is CCCCCCCCNC(=O)c1ccc2n[nH]nc2c1. The predicted molar refractivity (Wildman–Crippen MR) is 79.6 cm³/mol. The van der Waals surface area contributed by atoms with Crippen molar-refractivity contribution < 1.29 is 4.79 Å². The monoisotopic (exact) mass is 274 g/mol. The number of aromatic amines is 1. The summed E-state index contributed by atoms with van der Waals surface area (Å²) in [5.74, 6) is -0.0385. The first-order chi connectivity index (χ1) is 9.81. The highest BCUT2D eigenvalue weighted by Crippen LogP contribution is 2.10. The third-order valence-electron chi connectivity index (χ3n) is 3.39. The standard InChI is InChI=1S/C15H22N4O/c1-2-3-4-5-6-7-10-16-15(20)12-8-9-13-14(11-12)18-19-17-13/h8-9,11H,2-7,10H2,1H3,(H,16,20)(H,17,18,19). The third kappa shape index (κ3) is 4.05. The van der Waals surface area contributed by atoms with Crippen LogP contribution in [-0.2, 0) is 0 Å². The Hall–Kier alpha value is -1.91. The van der Waals surface area contributed by atoms with Crippen molar-refractivity contribution in [2.45, 2.75) is 45.4 Å². The summed E-state index contributed by atoms with van der Waals surface area (Å²) in [4.78, 5) is 12.0. The molecule has 0 fully saturated rings. The van der Waals surface area contributed by atoms with Gasteiger partial charge in [-0.1, -0.05) is 39.0 Å². The summed E-state index contributed by atoms with van der Waals surface area (Å²) in [6.45, 7) is 2.95. The van der Waals surface area contributed by atoms with E-state index in [1.54, 1.807) is 18.2 Å². The largest absolute Gasteiger partial charge is 0.352 e. The Bertz CT molecular complexity index is 550. The van der Waals surface area contributed by atoms with E-state index in [9.17, 15) is 4.79 Å². The maximum atomic E-state index is 12.0. The summed E-state index contributed by atoms with van der Waals surface area (Å²) in [7, 11) is 0. The van der Waals surface area contributed by atoms with Crippen LogP contribution in [-0.4, -0.2) is 27.9 Å². The molecule has 1 aromatic carbocycles. The number of carbonyl (C=O) groups excluding carboxylic acids is 1. The maximum Gasteiger partial charge on any atom is 0.251 e. The normalized spacial score (nSPS) is 10.8. The topological polar surface area (TPSA) is 70.7 Å². The van der Waals surface area contributed by atoms with Crippen molar-refractivity contribution in [2.75, 3.05) is 6.54 Å². The molecule has 1 heterocycles. The summed E-state index contributed by atoms with van der Waals surface area (Å²) in [6, 6.07) is 5.34. The zero-order valence-corrected chi connectivity index (χ0v) is 12.0. The smallest absolute Gasteiger partial charge is 0.251 e. The average molecular weight is 274 g/mol. The summed E-state index contributed by atoms with van der Waals surface area (Å²) in [6.07, 6.45) is 7.36. The van der Waals surface area contributed by atoms with Gasteiger partial charge in [-0.3, -0.25) is 4.79 Å². The molecular weight excluding hydrogens is 252 g/mol. The van der Waals surface area contributed by atoms with Gasteiger partial charge in [0, 0.05) is 12.1 Å². The van der Waals surface area contributed by atoms with Crippen LogP contribution in [0, 0.1) is 0 Å². The molecule has 0 bridgehead atoms. The number of aromatic nitrogens is 3. The Labute approximate surface area is 119 Å². The fourth-order valence-corrected chi connectivity index (χ4v) is 2.19. The van der Waals surface area contributed by atoms with Crippen LogP contribution >= 0.6 is 0 Å². The fourth-order valence-electron chi connectivity index (χ4n) is 2.19. The van der Waals surface area contributed by atoms with Crippen LogP contribution in [0.25, 0.3) is 11.0 Å². The summed E-state index contributed by atoms with van der Waals surface area (Å²) < 4.78 is 0. The van der Waals surface area contributed by atoms with Crippen LogP contribution < -0.4 is 5.32 Å². The lowest BCUT2D eigenvalue weighted by Crippen LogP contribution is -2.24. The van der Waals surface area contributed by atoms with E-state index in [2.05, 4.69) is 27.7 Å². The summed E-state index contributed by atoms with van der Waals surface area (Å²) in [5, 5.41) is 13.4. The van der Waals surface area contributed by atoms with E-state index in [0.717, 1.165) is 24.0 Å². The third-order valence-corrected chi connectivity index (χ3v) is 3.39. The molecule has 0 atom stereocenters. The molecule has 1 amide bonds. The van der Waals surface area contributed by atoms with Gasteiger partial charge in [0.05, 0.1) is 0 Å². The molecule has 2 rings (SSSR count). The summed E-state index contributed by atoms with van der Waals surface area (Å²) in [5.41, 5.74) is 2.13. The minimum atomic E-state index is -0.0385. The van der Waals surface area contributed by atoms with E-state index in [1.807, 2.05) is 0 Å². The van der Waals surface area contributed by atoms with E-state index in [0.29, 0.717) is 5.56 Å². The van der Waals surface area contributed by atoms with E-state index in [4.69, 9.17) is 0 Å². The zero-order valence-electron chi connectivity index (χ0n) is 12.0. The van der Waals surface area contributed by atoms with E-state index in [1.165, 1.54) is 32.1 Å². The molecule has 5 heteroatoms. The molecule has 1 aromatic heterocycles. The number of benzene rings is 1. The Morgan fingerprint density at radius 1 is 1.10 bits per heavy atom. The highest BCUT2D eigenvalue weighted by Gasteiger charge is 2.07. The second kappa shape index (κ2) is 7.62. The Balaban J connectivity index is 1.71. The molecule has 108 valence electrons. The molecule has 2 aromatic rings. The van der Waals surface area contributed by atoms with Gasteiger partial charge in [0.1, 0.15) is 11.0 Å². The number of hydrogen-bond donors (Lipinski definition) is 2. The number of nitrogens with one attached hydrogen (secondary N) is 2. The van der Waals surface area contributed by atoms with Crippen LogP contribution in [0.4, 0.5) is 0 Å². The first-order valence-electron chi connectivity index (χ1n) is 7.40. The van der Waals surface area contributed by atoms with E-state index in [-0.39, 0.29) is 5.91 Å². The number of amides is 1. The highest BCUT2D eigenvalue weighted by atomic mass is 16.1. The number of nitrogens with zero attached hydrogens (tertiary/aromatic N) is 2. The van der Waals surface area contributed by atoms with Crippen LogP contribution in [0.15, 0.2) is 18.2 Å². The number of H-pyrrole nitrogens is 1. The van der Waals surface area contributed by atoms with Gasteiger partial charge in [0.25, 0.3) is 5.91 Å². The van der Waals surface area contributed by atoms with Crippen molar-refractivity contribution >= 4 is 16.9 Å². The van der Waals surface area contributed by atoms with Crippen molar-refractivity contribution in [1.82, 2.24) is 20.7 Å². The Morgan fingerprint density at radius 2 is 1.85 bits per heavy atom.